The van der Waals surface area contributed by atoms with E-state index in [0.29, 0.717) is 10.0 Å². The van der Waals surface area contributed by atoms with Gasteiger partial charge in [-0.05, 0) is 13.0 Å². The summed E-state index contributed by atoms with van der Waals surface area (Å²) in [4.78, 5) is 0. The summed E-state index contributed by atoms with van der Waals surface area (Å²) in [6, 6.07) is 0.643. The Labute approximate surface area is 88.2 Å². The highest BCUT2D eigenvalue weighted by Gasteiger charge is 2.34. The number of rotatable bonds is 0. The number of benzene rings is 1. The molecule has 0 radical (unpaired) electrons. The Balaban J connectivity index is 2.67. The minimum Gasteiger partial charge on any atom is -0.485 e. The van der Waals surface area contributed by atoms with E-state index in [1.807, 2.05) is 0 Å². The fourth-order valence-electron chi connectivity index (χ4n) is 1.51. The fourth-order valence-corrected chi connectivity index (χ4v) is 2.15. The second kappa shape index (κ2) is 3.17. The highest BCUT2D eigenvalue weighted by Crippen LogP contribution is 2.42. The topological polar surface area (TPSA) is 35.2 Å². The summed E-state index contributed by atoms with van der Waals surface area (Å²) in [6.45, 7) is 1.72. The molecule has 0 amide bonds. The number of fused-ring (bicyclic) bond motifs is 1. The molecule has 0 aromatic heterocycles. The molecule has 1 aliphatic heterocycles. The molecule has 0 saturated carbocycles. The number of ether oxygens (including phenoxy) is 1. The minimum atomic E-state index is -0.969. The van der Waals surface area contributed by atoms with Gasteiger partial charge in [-0.15, -0.1) is 0 Å². The molecule has 2 unspecified atom stereocenters. The number of nitrogens with two attached hydrogens (primary N) is 1. The standard InChI is InChI=1S/C9H8BrF2NO/c1-3-8(13)6-4(10)2-5(11)7(12)9(6)14-3/h2-3,8H,13H2,1H3. The van der Waals surface area contributed by atoms with E-state index in [1.54, 1.807) is 6.92 Å². The lowest BCUT2D eigenvalue weighted by Gasteiger charge is -2.07. The van der Waals surface area contributed by atoms with Crippen molar-refractivity contribution in [2.75, 3.05) is 0 Å². The van der Waals surface area contributed by atoms with Gasteiger partial charge in [-0.1, -0.05) is 15.9 Å². The molecule has 1 aromatic rings. The lowest BCUT2D eigenvalue weighted by atomic mass is 10.1. The third kappa shape index (κ3) is 1.23. The van der Waals surface area contributed by atoms with Gasteiger partial charge in [0.1, 0.15) is 6.10 Å². The van der Waals surface area contributed by atoms with Gasteiger partial charge in [0.25, 0.3) is 0 Å². The van der Waals surface area contributed by atoms with E-state index in [1.165, 1.54) is 0 Å². The molecule has 1 aromatic carbocycles. The second-order valence-corrected chi connectivity index (χ2v) is 4.10. The van der Waals surface area contributed by atoms with E-state index in [9.17, 15) is 8.78 Å². The van der Waals surface area contributed by atoms with Crippen LogP contribution < -0.4 is 10.5 Å². The quantitative estimate of drug-likeness (QED) is 0.731. The molecule has 0 bridgehead atoms. The fraction of sp³-hybridized carbons (Fsp3) is 0.333. The Morgan fingerprint density at radius 1 is 1.50 bits per heavy atom. The molecule has 76 valence electrons. The summed E-state index contributed by atoms with van der Waals surface area (Å²) >= 11 is 3.13. The highest BCUT2D eigenvalue weighted by atomic mass is 79.9. The summed E-state index contributed by atoms with van der Waals surface area (Å²) in [7, 11) is 0. The Morgan fingerprint density at radius 3 is 2.79 bits per heavy atom. The number of hydrogen-bond acceptors (Lipinski definition) is 2. The van der Waals surface area contributed by atoms with E-state index >= 15 is 0 Å². The normalized spacial score (nSPS) is 24.6. The summed E-state index contributed by atoms with van der Waals surface area (Å²) in [5.74, 6) is -1.98. The van der Waals surface area contributed by atoms with Gasteiger partial charge in [-0.2, -0.15) is 4.39 Å². The predicted octanol–water partition coefficient (Wildman–Crippen LogP) is 2.51. The molecule has 0 saturated heterocycles. The van der Waals surface area contributed by atoms with Gasteiger partial charge in [0.15, 0.2) is 11.6 Å². The largest absolute Gasteiger partial charge is 0.485 e. The van der Waals surface area contributed by atoms with Crippen LogP contribution in [0.4, 0.5) is 8.78 Å². The van der Waals surface area contributed by atoms with Crippen molar-refractivity contribution in [1.29, 1.82) is 0 Å². The van der Waals surface area contributed by atoms with Crippen LogP contribution in [0.3, 0.4) is 0 Å². The molecular formula is C9H8BrF2NO. The van der Waals surface area contributed by atoms with Crippen LogP contribution in [-0.4, -0.2) is 6.10 Å². The molecule has 0 spiro atoms. The van der Waals surface area contributed by atoms with Crippen molar-refractivity contribution < 1.29 is 13.5 Å². The molecule has 14 heavy (non-hydrogen) atoms. The lowest BCUT2D eigenvalue weighted by molar-refractivity contribution is 0.218. The van der Waals surface area contributed by atoms with Gasteiger partial charge in [0.05, 0.1) is 6.04 Å². The van der Waals surface area contributed by atoms with E-state index in [2.05, 4.69) is 15.9 Å². The first-order valence-electron chi connectivity index (χ1n) is 4.12. The first-order valence-corrected chi connectivity index (χ1v) is 4.91. The van der Waals surface area contributed by atoms with Crippen molar-refractivity contribution in [3.05, 3.63) is 27.7 Å². The number of halogens is 3. The third-order valence-electron chi connectivity index (χ3n) is 2.31. The van der Waals surface area contributed by atoms with Crippen LogP contribution in [-0.2, 0) is 0 Å². The summed E-state index contributed by atoms with van der Waals surface area (Å²) in [5, 5.41) is 0. The SMILES string of the molecule is CC1Oc2c(F)c(F)cc(Br)c2C1N. The average molecular weight is 264 g/mol. The average Bonchev–Trinajstić information content (AvgIpc) is 2.40. The van der Waals surface area contributed by atoms with Gasteiger partial charge >= 0.3 is 0 Å². The van der Waals surface area contributed by atoms with E-state index in [-0.39, 0.29) is 11.9 Å². The van der Waals surface area contributed by atoms with Crippen molar-refractivity contribution in [3.63, 3.8) is 0 Å². The minimum absolute atomic E-state index is 0.0723. The van der Waals surface area contributed by atoms with Crippen molar-refractivity contribution in [2.24, 2.45) is 5.73 Å². The second-order valence-electron chi connectivity index (χ2n) is 3.25. The van der Waals surface area contributed by atoms with Crippen molar-refractivity contribution in [2.45, 2.75) is 19.1 Å². The molecule has 0 fully saturated rings. The molecule has 0 aliphatic carbocycles. The summed E-state index contributed by atoms with van der Waals surface area (Å²) in [5.41, 5.74) is 6.26. The van der Waals surface area contributed by atoms with Crippen LogP contribution in [0.2, 0.25) is 0 Å². The van der Waals surface area contributed by atoms with Crippen LogP contribution in [0.25, 0.3) is 0 Å². The maximum Gasteiger partial charge on any atom is 0.201 e. The van der Waals surface area contributed by atoms with Crippen molar-refractivity contribution in [1.82, 2.24) is 0 Å². The molecule has 2 rings (SSSR count). The molecule has 1 heterocycles. The maximum atomic E-state index is 13.3. The number of hydrogen-bond donors (Lipinski definition) is 1. The molecule has 2 N–H and O–H groups in total. The maximum absolute atomic E-state index is 13.3. The van der Waals surface area contributed by atoms with Crippen LogP contribution in [0.5, 0.6) is 5.75 Å². The van der Waals surface area contributed by atoms with E-state index in [0.717, 1.165) is 6.07 Å². The lowest BCUT2D eigenvalue weighted by Crippen LogP contribution is -2.21. The zero-order valence-electron chi connectivity index (χ0n) is 7.35. The summed E-state index contributed by atoms with van der Waals surface area (Å²) < 4.78 is 31.8. The van der Waals surface area contributed by atoms with Gasteiger partial charge in [-0.3, -0.25) is 0 Å². The molecule has 2 atom stereocenters. The van der Waals surface area contributed by atoms with Crippen LogP contribution in [0.15, 0.2) is 10.5 Å². The Bertz CT molecular complexity index is 397. The molecule has 5 heteroatoms. The van der Waals surface area contributed by atoms with Crippen LogP contribution in [0.1, 0.15) is 18.5 Å². The van der Waals surface area contributed by atoms with Crippen molar-refractivity contribution in [3.8, 4) is 5.75 Å². The Morgan fingerprint density at radius 2 is 2.14 bits per heavy atom. The first kappa shape index (κ1) is 9.86. The van der Waals surface area contributed by atoms with Crippen molar-refractivity contribution >= 4 is 15.9 Å². The van der Waals surface area contributed by atoms with Gasteiger partial charge < -0.3 is 10.5 Å². The molecular weight excluding hydrogens is 256 g/mol. The Kier molecular flexibility index (Phi) is 2.23. The van der Waals surface area contributed by atoms with E-state index < -0.39 is 17.7 Å². The van der Waals surface area contributed by atoms with E-state index in [4.69, 9.17) is 10.5 Å². The third-order valence-corrected chi connectivity index (χ3v) is 2.96. The molecule has 1 aliphatic rings. The zero-order chi connectivity index (χ0) is 10.5. The van der Waals surface area contributed by atoms with Gasteiger partial charge in [0.2, 0.25) is 5.82 Å². The zero-order valence-corrected chi connectivity index (χ0v) is 8.94. The summed E-state index contributed by atoms with van der Waals surface area (Å²) in [6.07, 6.45) is -0.336. The smallest absolute Gasteiger partial charge is 0.201 e. The van der Waals surface area contributed by atoms with Gasteiger partial charge in [0, 0.05) is 10.0 Å². The highest BCUT2D eigenvalue weighted by molar-refractivity contribution is 9.10. The van der Waals surface area contributed by atoms with Crippen LogP contribution in [0, 0.1) is 11.6 Å². The predicted molar refractivity (Wildman–Crippen MR) is 51.1 cm³/mol. The monoisotopic (exact) mass is 263 g/mol. The molecule has 2 nitrogen and oxygen atoms in total. The Hall–Kier alpha value is -0.680. The first-order chi connectivity index (χ1) is 6.52. The van der Waals surface area contributed by atoms with Crippen LogP contribution >= 0.6 is 15.9 Å². The van der Waals surface area contributed by atoms with Gasteiger partial charge in [-0.25, -0.2) is 4.39 Å².